The molecule has 1 aromatic rings. The summed E-state index contributed by atoms with van der Waals surface area (Å²) in [5.74, 6) is -0.296. The van der Waals surface area contributed by atoms with Crippen LogP contribution in [0.15, 0.2) is 30.4 Å². The summed E-state index contributed by atoms with van der Waals surface area (Å²) in [5, 5.41) is 8.08. The average molecular weight is 356 g/mol. The Labute approximate surface area is 136 Å². The lowest BCUT2D eigenvalue weighted by Gasteiger charge is -2.22. The van der Waals surface area contributed by atoms with E-state index in [2.05, 4.69) is 0 Å². The number of alkyl halides is 3. The van der Waals surface area contributed by atoms with Crippen molar-refractivity contribution in [3.63, 3.8) is 0 Å². The van der Waals surface area contributed by atoms with Gasteiger partial charge in [0.05, 0.1) is 35.1 Å². The molecule has 0 aromatic heterocycles. The number of rotatable bonds is 1. The highest BCUT2D eigenvalue weighted by Gasteiger charge is 2.59. The van der Waals surface area contributed by atoms with E-state index in [0.29, 0.717) is 0 Å². The summed E-state index contributed by atoms with van der Waals surface area (Å²) in [6.07, 6.45) is -2.11. The number of fused-ring (bicyclic) bond motifs is 5. The molecule has 2 fully saturated rings. The molecule has 0 saturated carbocycles. The Morgan fingerprint density at radius 3 is 2.58 bits per heavy atom. The van der Waals surface area contributed by atoms with Gasteiger partial charge >= 0.3 is 6.18 Å². The summed E-state index contributed by atoms with van der Waals surface area (Å²) in [5.41, 5.74) is -1.74. The molecule has 2 bridgehead atoms. The van der Waals surface area contributed by atoms with E-state index in [1.807, 2.05) is 0 Å². The van der Waals surface area contributed by atoms with Crippen LogP contribution in [0, 0.1) is 17.2 Å². The molecular weight excluding hydrogens is 345 g/mol. The maximum absolute atomic E-state index is 13.1. The zero-order chi connectivity index (χ0) is 17.3. The molecule has 1 aromatic carbocycles. The standard InChI is InChI=1S/C15H11F3N2O3S/c16-15(17,18)11-5-9(2-1-8(11)6-19)20-7-10-12-3-4-13(23-12)14(10)24(20,21)22/h1-5,10,12-14H,7H2/t10-,12-,13+,14-/m1/s1. The van der Waals surface area contributed by atoms with Gasteiger partial charge in [0, 0.05) is 12.5 Å². The summed E-state index contributed by atoms with van der Waals surface area (Å²) in [4.78, 5) is 0. The first-order chi connectivity index (χ1) is 11.2. The van der Waals surface area contributed by atoms with Crippen LogP contribution in [0.3, 0.4) is 0 Å². The van der Waals surface area contributed by atoms with Crippen LogP contribution in [0.1, 0.15) is 11.1 Å². The van der Waals surface area contributed by atoms with E-state index >= 15 is 0 Å². The summed E-state index contributed by atoms with van der Waals surface area (Å²) >= 11 is 0. The third kappa shape index (κ3) is 1.99. The van der Waals surface area contributed by atoms with E-state index in [4.69, 9.17) is 10.00 Å². The van der Waals surface area contributed by atoms with Gasteiger partial charge in [-0.2, -0.15) is 18.4 Å². The van der Waals surface area contributed by atoms with Crippen LogP contribution >= 0.6 is 0 Å². The van der Waals surface area contributed by atoms with Crippen LogP contribution in [0.2, 0.25) is 0 Å². The van der Waals surface area contributed by atoms with Gasteiger partial charge in [0.2, 0.25) is 10.0 Å². The number of nitriles is 1. The van der Waals surface area contributed by atoms with Crippen molar-refractivity contribution in [2.75, 3.05) is 10.8 Å². The van der Waals surface area contributed by atoms with Crippen LogP contribution in [-0.2, 0) is 20.9 Å². The molecule has 0 N–H and O–H groups in total. The molecule has 4 rings (SSSR count). The molecule has 3 aliphatic rings. The van der Waals surface area contributed by atoms with Crippen molar-refractivity contribution < 1.29 is 26.3 Å². The maximum Gasteiger partial charge on any atom is 0.417 e. The normalized spacial score (nSPS) is 32.8. The first kappa shape index (κ1) is 15.5. The summed E-state index contributed by atoms with van der Waals surface area (Å²) in [6, 6.07) is 4.46. The molecule has 9 heteroatoms. The highest BCUT2D eigenvalue weighted by molar-refractivity contribution is 7.93. The summed E-state index contributed by atoms with van der Waals surface area (Å²) < 4.78 is 71.4. The van der Waals surface area contributed by atoms with E-state index in [-0.39, 0.29) is 24.3 Å². The Morgan fingerprint density at radius 2 is 1.96 bits per heavy atom. The predicted molar refractivity (Wildman–Crippen MR) is 77.5 cm³/mol. The van der Waals surface area contributed by atoms with Gasteiger partial charge in [-0.05, 0) is 18.2 Å². The average Bonchev–Trinajstić information content (AvgIpc) is 3.18. The number of halogens is 3. The van der Waals surface area contributed by atoms with E-state index < -0.39 is 38.7 Å². The Hall–Kier alpha value is -2.05. The number of hydrogen-bond donors (Lipinski definition) is 0. The molecule has 0 amide bonds. The second-order valence-electron chi connectivity index (χ2n) is 5.99. The highest BCUT2D eigenvalue weighted by Crippen LogP contribution is 2.46. The molecule has 2 saturated heterocycles. The van der Waals surface area contributed by atoms with E-state index in [9.17, 15) is 21.6 Å². The second kappa shape index (κ2) is 4.74. The quantitative estimate of drug-likeness (QED) is 0.722. The number of nitrogens with zero attached hydrogens (tertiary/aromatic N) is 2. The lowest BCUT2D eigenvalue weighted by Crippen LogP contribution is -2.35. The number of hydrogen-bond acceptors (Lipinski definition) is 4. The number of sulfonamides is 1. The number of anilines is 1. The maximum atomic E-state index is 13.1. The van der Waals surface area contributed by atoms with E-state index in [1.54, 1.807) is 12.2 Å². The van der Waals surface area contributed by atoms with Crippen LogP contribution in [0.4, 0.5) is 18.9 Å². The van der Waals surface area contributed by atoms with Gasteiger partial charge in [-0.15, -0.1) is 0 Å². The minimum absolute atomic E-state index is 0.0711. The molecule has 4 atom stereocenters. The zero-order valence-electron chi connectivity index (χ0n) is 12.1. The van der Waals surface area contributed by atoms with Gasteiger partial charge in [-0.1, -0.05) is 12.2 Å². The zero-order valence-corrected chi connectivity index (χ0v) is 12.9. The lowest BCUT2D eigenvalue weighted by molar-refractivity contribution is -0.137. The van der Waals surface area contributed by atoms with Crippen molar-refractivity contribution in [1.82, 2.24) is 0 Å². The Bertz CT molecular complexity index is 888. The van der Waals surface area contributed by atoms with Crippen molar-refractivity contribution >= 4 is 15.7 Å². The van der Waals surface area contributed by atoms with Crippen LogP contribution in [0.5, 0.6) is 0 Å². The molecule has 3 aliphatic heterocycles. The van der Waals surface area contributed by atoms with Crippen molar-refractivity contribution in [2.24, 2.45) is 5.92 Å². The van der Waals surface area contributed by atoms with Crippen LogP contribution < -0.4 is 4.31 Å². The van der Waals surface area contributed by atoms with Gasteiger partial charge in [-0.25, -0.2) is 8.42 Å². The third-order valence-electron chi connectivity index (χ3n) is 4.72. The van der Waals surface area contributed by atoms with Gasteiger partial charge in [0.15, 0.2) is 0 Å². The van der Waals surface area contributed by atoms with Crippen molar-refractivity contribution in [1.29, 1.82) is 5.26 Å². The van der Waals surface area contributed by atoms with Gasteiger partial charge in [0.25, 0.3) is 0 Å². The highest BCUT2D eigenvalue weighted by atomic mass is 32.2. The SMILES string of the molecule is N#Cc1ccc(N2C[C@H]3[C@H]([C@@H]4C=C[C@H]3O4)S2(=O)=O)cc1C(F)(F)F. The molecule has 3 heterocycles. The molecule has 0 aliphatic carbocycles. The monoisotopic (exact) mass is 356 g/mol. The van der Waals surface area contributed by atoms with Gasteiger partial charge < -0.3 is 4.74 Å². The molecule has 0 unspecified atom stereocenters. The van der Waals surface area contributed by atoms with Crippen LogP contribution in [0.25, 0.3) is 0 Å². The number of benzene rings is 1. The first-order valence-corrected chi connectivity index (χ1v) is 8.70. The molecule has 126 valence electrons. The molecule has 0 radical (unpaired) electrons. The molecule has 24 heavy (non-hydrogen) atoms. The minimum atomic E-state index is -4.73. The summed E-state index contributed by atoms with van der Waals surface area (Å²) in [6.45, 7) is 0.0711. The molecule has 5 nitrogen and oxygen atoms in total. The smallest absolute Gasteiger partial charge is 0.365 e. The van der Waals surface area contributed by atoms with Gasteiger partial charge in [0.1, 0.15) is 5.25 Å². The fourth-order valence-corrected chi connectivity index (χ4v) is 5.92. The fraction of sp³-hybridized carbons (Fsp3) is 0.400. The second-order valence-corrected chi connectivity index (χ2v) is 8.01. The van der Waals surface area contributed by atoms with Gasteiger partial charge in [-0.3, -0.25) is 4.31 Å². The van der Waals surface area contributed by atoms with E-state index in [1.165, 1.54) is 12.1 Å². The number of ether oxygens (including phenoxy) is 1. The summed E-state index contributed by atoms with van der Waals surface area (Å²) in [7, 11) is -3.82. The third-order valence-corrected chi connectivity index (χ3v) is 7.00. The lowest BCUT2D eigenvalue weighted by atomic mass is 9.94. The Balaban J connectivity index is 1.77. The minimum Gasteiger partial charge on any atom is -0.365 e. The molecular formula is C15H11F3N2O3S. The van der Waals surface area contributed by atoms with Crippen molar-refractivity contribution in [3.05, 3.63) is 41.5 Å². The van der Waals surface area contributed by atoms with Crippen molar-refractivity contribution in [3.8, 4) is 6.07 Å². The Morgan fingerprint density at radius 1 is 1.25 bits per heavy atom. The first-order valence-electron chi connectivity index (χ1n) is 7.20. The van der Waals surface area contributed by atoms with Crippen LogP contribution in [-0.4, -0.2) is 32.4 Å². The fourth-order valence-electron chi connectivity index (χ4n) is 3.66. The predicted octanol–water partition coefficient (Wildman–Crippen LogP) is 2.05. The molecule has 0 spiro atoms. The van der Waals surface area contributed by atoms with Crippen molar-refractivity contribution in [2.45, 2.75) is 23.6 Å². The Kier molecular flexibility index (Phi) is 3.06. The topological polar surface area (TPSA) is 70.4 Å². The van der Waals surface area contributed by atoms with E-state index in [0.717, 1.165) is 16.4 Å². The largest absolute Gasteiger partial charge is 0.417 e.